The van der Waals surface area contributed by atoms with Gasteiger partial charge in [-0.1, -0.05) is 35.5 Å². The molecule has 2 heterocycles. The van der Waals surface area contributed by atoms with E-state index in [1.54, 1.807) is 6.07 Å². The molecule has 0 unspecified atom stereocenters. The van der Waals surface area contributed by atoms with Crippen molar-refractivity contribution in [3.63, 3.8) is 0 Å². The van der Waals surface area contributed by atoms with Crippen molar-refractivity contribution in [1.82, 2.24) is 19.7 Å². The van der Waals surface area contributed by atoms with Gasteiger partial charge in [-0.15, -0.1) is 10.2 Å². The number of nitrogens with zero attached hydrogens (tertiary/aromatic N) is 3. The Hall–Kier alpha value is -2.58. The van der Waals surface area contributed by atoms with Crippen LogP contribution in [0.2, 0.25) is 5.02 Å². The van der Waals surface area contributed by atoms with Crippen LogP contribution in [0.3, 0.4) is 0 Å². The van der Waals surface area contributed by atoms with Gasteiger partial charge in [-0.05, 0) is 58.2 Å². The molecular weight excluding hydrogens is 448 g/mol. The van der Waals surface area contributed by atoms with Gasteiger partial charge in [0.15, 0.2) is 22.5 Å². The number of hydrogen-bond donors (Lipinski definition) is 1. The highest BCUT2D eigenvalue weighted by atomic mass is 35.5. The summed E-state index contributed by atoms with van der Waals surface area (Å²) in [6, 6.07) is 7.62. The van der Waals surface area contributed by atoms with Gasteiger partial charge in [0.05, 0.1) is 16.0 Å². The molecule has 0 radical (unpaired) electrons. The molecule has 3 aromatic rings. The van der Waals surface area contributed by atoms with Gasteiger partial charge in [0.2, 0.25) is 0 Å². The molecule has 168 valence electrons. The molecule has 9 heteroatoms. The van der Waals surface area contributed by atoms with Crippen molar-refractivity contribution in [2.75, 3.05) is 0 Å². The van der Waals surface area contributed by atoms with E-state index in [1.807, 2.05) is 39.0 Å². The predicted octanol–water partition coefficient (Wildman–Crippen LogP) is 5.36. The van der Waals surface area contributed by atoms with E-state index < -0.39 is 5.25 Å². The van der Waals surface area contributed by atoms with Gasteiger partial charge in [-0.25, -0.2) is 0 Å². The zero-order valence-corrected chi connectivity index (χ0v) is 20.0. The maximum absolute atomic E-state index is 13.1. The maximum atomic E-state index is 13.1. The average Bonchev–Trinajstić information content (AvgIpc) is 3.44. The normalized spacial score (nSPS) is 14.4. The van der Waals surface area contributed by atoms with Crippen LogP contribution < -0.4 is 4.74 Å². The summed E-state index contributed by atoms with van der Waals surface area (Å²) in [5.74, 6) is 1.19. The Kier molecular flexibility index (Phi) is 6.44. The van der Waals surface area contributed by atoms with Crippen molar-refractivity contribution >= 4 is 34.9 Å². The van der Waals surface area contributed by atoms with Crippen LogP contribution in [0.15, 0.2) is 29.4 Å². The number of aryl methyl sites for hydroxylation is 1. The van der Waals surface area contributed by atoms with Crippen LogP contribution >= 0.6 is 23.4 Å². The highest BCUT2D eigenvalue weighted by molar-refractivity contribution is 8.00. The number of thioether (sulfide) groups is 1. The third-order valence-electron chi connectivity index (χ3n) is 5.53. The Morgan fingerprint density at radius 1 is 1.28 bits per heavy atom. The van der Waals surface area contributed by atoms with Gasteiger partial charge in [-0.3, -0.25) is 14.2 Å². The third kappa shape index (κ3) is 4.47. The van der Waals surface area contributed by atoms with Gasteiger partial charge in [0.1, 0.15) is 12.4 Å². The first-order valence-electron chi connectivity index (χ1n) is 10.5. The predicted molar refractivity (Wildman–Crippen MR) is 124 cm³/mol. The van der Waals surface area contributed by atoms with E-state index in [2.05, 4.69) is 19.7 Å². The summed E-state index contributed by atoms with van der Waals surface area (Å²) in [7, 11) is 0. The van der Waals surface area contributed by atoms with Crippen LogP contribution in [0.5, 0.6) is 5.75 Å². The zero-order chi connectivity index (χ0) is 23.0. The van der Waals surface area contributed by atoms with Gasteiger partial charge >= 0.3 is 0 Å². The van der Waals surface area contributed by atoms with Crippen LogP contribution in [0.4, 0.5) is 0 Å². The third-order valence-corrected chi connectivity index (χ3v) is 6.90. The number of ether oxygens (including phenoxy) is 1. The summed E-state index contributed by atoms with van der Waals surface area (Å²) in [5.41, 5.74) is 2.49. The Bertz CT molecular complexity index is 1180. The van der Waals surface area contributed by atoms with Crippen molar-refractivity contribution in [3.8, 4) is 5.75 Å². The van der Waals surface area contributed by atoms with Crippen LogP contribution in [0.1, 0.15) is 70.7 Å². The zero-order valence-electron chi connectivity index (χ0n) is 18.4. The minimum absolute atomic E-state index is 0.0488. The second kappa shape index (κ2) is 9.11. The van der Waals surface area contributed by atoms with E-state index in [4.69, 9.17) is 16.3 Å². The number of benzene rings is 1. The Morgan fingerprint density at radius 2 is 2.00 bits per heavy atom. The Balaban J connectivity index is 1.52. The van der Waals surface area contributed by atoms with E-state index in [-0.39, 0.29) is 18.2 Å². The van der Waals surface area contributed by atoms with E-state index >= 15 is 0 Å². The van der Waals surface area contributed by atoms with E-state index in [9.17, 15) is 9.59 Å². The van der Waals surface area contributed by atoms with E-state index in [0.717, 1.165) is 18.5 Å². The first kappa shape index (κ1) is 22.6. The molecule has 1 saturated carbocycles. The summed E-state index contributed by atoms with van der Waals surface area (Å²) in [6.07, 6.45) is 2.09. The first-order valence-corrected chi connectivity index (χ1v) is 11.8. The van der Waals surface area contributed by atoms with Crippen molar-refractivity contribution in [1.29, 1.82) is 0 Å². The molecule has 1 atom stereocenters. The van der Waals surface area contributed by atoms with Gasteiger partial charge in [-0.2, -0.15) is 0 Å². The molecule has 1 N–H and O–H groups in total. The van der Waals surface area contributed by atoms with Gasteiger partial charge < -0.3 is 9.72 Å². The minimum Gasteiger partial charge on any atom is -0.484 e. The number of Topliss-reactive ketones (excluding diaryl/α,β-unsaturated/α-hetero) is 2. The minimum atomic E-state index is -0.398. The second-order valence-corrected chi connectivity index (χ2v) is 9.74. The lowest BCUT2D eigenvalue weighted by Crippen LogP contribution is -2.17. The number of H-pyrrole nitrogens is 1. The van der Waals surface area contributed by atoms with Gasteiger partial charge in [0.25, 0.3) is 0 Å². The van der Waals surface area contributed by atoms with Gasteiger partial charge in [0, 0.05) is 17.3 Å². The maximum Gasteiger partial charge on any atom is 0.192 e. The number of hydrogen-bond acceptors (Lipinski definition) is 6. The van der Waals surface area contributed by atoms with Crippen molar-refractivity contribution in [3.05, 3.63) is 57.6 Å². The molecule has 0 aliphatic heterocycles. The quantitative estimate of drug-likeness (QED) is 0.333. The van der Waals surface area contributed by atoms with Crippen LogP contribution in [0, 0.1) is 13.8 Å². The van der Waals surface area contributed by atoms with E-state index in [1.165, 1.54) is 18.7 Å². The molecule has 32 heavy (non-hydrogen) atoms. The second-order valence-electron chi connectivity index (χ2n) is 8.02. The fraction of sp³-hybridized carbons (Fsp3) is 0.391. The number of halogens is 1. The summed E-state index contributed by atoms with van der Waals surface area (Å²) in [5, 5.41) is 9.51. The van der Waals surface area contributed by atoms with E-state index in [0.29, 0.717) is 44.6 Å². The van der Waals surface area contributed by atoms with Crippen LogP contribution in [0.25, 0.3) is 0 Å². The number of para-hydroxylation sites is 1. The van der Waals surface area contributed by atoms with Crippen molar-refractivity contribution < 1.29 is 14.3 Å². The average molecular weight is 473 g/mol. The number of aromatic nitrogens is 4. The van der Waals surface area contributed by atoms with Crippen molar-refractivity contribution in [2.45, 2.75) is 63.6 Å². The molecular formula is C23H25ClN4O3S. The molecule has 0 spiro atoms. The monoisotopic (exact) mass is 472 g/mol. The summed E-state index contributed by atoms with van der Waals surface area (Å²) in [4.78, 5) is 28.2. The lowest BCUT2D eigenvalue weighted by Gasteiger charge is -2.13. The summed E-state index contributed by atoms with van der Waals surface area (Å²) >= 11 is 7.56. The molecule has 2 aromatic heterocycles. The number of aromatic amines is 1. The number of carbonyl (C=O) groups excluding carboxylic acids is 2. The molecule has 1 aliphatic carbocycles. The molecule has 0 saturated heterocycles. The molecule has 0 amide bonds. The molecule has 1 fully saturated rings. The number of rotatable bonds is 9. The topological polar surface area (TPSA) is 89.9 Å². The smallest absolute Gasteiger partial charge is 0.192 e. The number of carbonyl (C=O) groups is 2. The molecule has 0 bridgehead atoms. The van der Waals surface area contributed by atoms with Crippen LogP contribution in [-0.2, 0) is 6.61 Å². The molecule has 1 aliphatic rings. The first-order chi connectivity index (χ1) is 15.3. The fourth-order valence-corrected chi connectivity index (χ4v) is 5.02. The fourth-order valence-electron chi connectivity index (χ4n) is 3.83. The van der Waals surface area contributed by atoms with Crippen LogP contribution in [-0.4, -0.2) is 36.6 Å². The van der Waals surface area contributed by atoms with Crippen molar-refractivity contribution in [2.24, 2.45) is 0 Å². The summed E-state index contributed by atoms with van der Waals surface area (Å²) < 4.78 is 7.93. The highest BCUT2D eigenvalue weighted by Crippen LogP contribution is 2.40. The molecule has 1 aromatic carbocycles. The number of nitrogens with one attached hydrogen (secondary N) is 1. The Labute approximate surface area is 195 Å². The molecule has 4 rings (SSSR count). The highest BCUT2D eigenvalue weighted by Gasteiger charge is 2.32. The lowest BCUT2D eigenvalue weighted by molar-refractivity contribution is 0.0988. The SMILES string of the molecule is CC(=O)c1c(C)[nH]c(C(=O)[C@H](C)Sc2nnc(COc3ccccc3Cl)n2C2CC2)c1C. The summed E-state index contributed by atoms with van der Waals surface area (Å²) in [6.45, 7) is 7.23. The largest absolute Gasteiger partial charge is 0.484 e. The molecule has 7 nitrogen and oxygen atoms in total. The Morgan fingerprint density at radius 3 is 2.62 bits per heavy atom. The lowest BCUT2D eigenvalue weighted by atomic mass is 10.0. The standard InChI is InChI=1S/C23H25ClN4O3S/c1-12-20(14(3)29)13(2)25-21(12)22(30)15(4)32-23-27-26-19(28(23)16-9-10-16)11-31-18-8-6-5-7-17(18)24/h5-8,15-16,25H,9-11H2,1-4H3/t15-/m0/s1. The number of ketones is 2.